The Hall–Kier alpha value is -2.88. The number of nitrogens with zero attached hydrogens (tertiary/aromatic N) is 4. The molecular weight excluding hydrogens is 436 g/mol. The average molecular weight is 475 g/mol. The van der Waals surface area contributed by atoms with Crippen molar-refractivity contribution in [2.24, 2.45) is 0 Å². The Morgan fingerprint density at radius 1 is 1.03 bits per heavy atom. The fourth-order valence-corrected chi connectivity index (χ4v) is 5.37. The van der Waals surface area contributed by atoms with E-state index in [9.17, 15) is 10.1 Å². The molecule has 4 rings (SSSR count). The minimum atomic E-state index is -0.194. The summed E-state index contributed by atoms with van der Waals surface area (Å²) in [5.41, 5.74) is 4.36. The van der Waals surface area contributed by atoms with Crippen molar-refractivity contribution in [2.75, 3.05) is 52.4 Å². The Bertz CT molecular complexity index is 1010. The van der Waals surface area contributed by atoms with E-state index in [1.54, 1.807) is 0 Å². The molecule has 0 saturated carbocycles. The molecule has 2 aliphatic heterocycles. The summed E-state index contributed by atoms with van der Waals surface area (Å²) in [6.45, 7) is 11.7. The van der Waals surface area contributed by atoms with E-state index in [-0.39, 0.29) is 12.1 Å². The Morgan fingerprint density at radius 3 is 2.40 bits per heavy atom. The number of aryl methyl sites for hydroxylation is 1. The van der Waals surface area contributed by atoms with E-state index in [0.717, 1.165) is 62.4 Å². The van der Waals surface area contributed by atoms with Gasteiger partial charge in [-0.1, -0.05) is 49.4 Å². The average Bonchev–Trinajstić information content (AvgIpc) is 3.26. The van der Waals surface area contributed by atoms with E-state index < -0.39 is 0 Å². The number of ether oxygens (including phenoxy) is 1. The van der Waals surface area contributed by atoms with E-state index in [2.05, 4.69) is 47.1 Å². The molecule has 2 heterocycles. The molecule has 1 amide bonds. The first-order chi connectivity index (χ1) is 17.1. The smallest absolute Gasteiger partial charge is 0.410 e. The van der Waals surface area contributed by atoms with Crippen molar-refractivity contribution < 1.29 is 9.53 Å². The molecule has 35 heavy (non-hydrogen) atoms. The third-order valence-electron chi connectivity index (χ3n) is 7.64. The van der Waals surface area contributed by atoms with Gasteiger partial charge in [-0.25, -0.2) is 4.79 Å². The van der Waals surface area contributed by atoms with Gasteiger partial charge in [0.1, 0.15) is 6.61 Å². The van der Waals surface area contributed by atoms with Gasteiger partial charge in [0.15, 0.2) is 0 Å². The predicted octanol–water partition coefficient (Wildman–Crippen LogP) is 4.95. The normalized spacial score (nSPS) is 20.0. The fourth-order valence-electron chi connectivity index (χ4n) is 5.37. The minimum Gasteiger partial charge on any atom is -0.447 e. The number of carbonyl (C=O) groups excluding carboxylic acids is 1. The van der Waals surface area contributed by atoms with Crippen LogP contribution in [0.4, 0.5) is 4.79 Å². The predicted molar refractivity (Wildman–Crippen MR) is 138 cm³/mol. The molecule has 0 aliphatic carbocycles. The SMILES string of the molecule is CCC(CCCN1CCN(CCN2C(=O)OCC2c2ccccc2)CC1)c1ccc(C#N)c(C)c1. The minimum absolute atomic E-state index is 0.0244. The Kier molecular flexibility index (Phi) is 8.79. The number of rotatable bonds is 10. The van der Waals surface area contributed by atoms with Crippen LogP contribution in [0.3, 0.4) is 0 Å². The molecule has 2 aliphatic rings. The number of amides is 1. The van der Waals surface area contributed by atoms with Crippen molar-refractivity contribution in [1.29, 1.82) is 5.26 Å². The first-order valence-electron chi connectivity index (χ1n) is 13.0. The summed E-state index contributed by atoms with van der Waals surface area (Å²) in [6, 6.07) is 18.8. The second kappa shape index (κ2) is 12.2. The van der Waals surface area contributed by atoms with Crippen LogP contribution in [0.1, 0.15) is 60.4 Å². The molecule has 6 nitrogen and oxygen atoms in total. The second-order valence-corrected chi connectivity index (χ2v) is 9.81. The number of hydrogen-bond acceptors (Lipinski definition) is 5. The van der Waals surface area contributed by atoms with Gasteiger partial charge < -0.3 is 9.64 Å². The summed E-state index contributed by atoms with van der Waals surface area (Å²) in [6.07, 6.45) is 3.30. The summed E-state index contributed by atoms with van der Waals surface area (Å²) in [5.74, 6) is 0.556. The summed E-state index contributed by atoms with van der Waals surface area (Å²) in [5, 5.41) is 9.19. The molecule has 2 unspecified atom stereocenters. The molecule has 0 bridgehead atoms. The van der Waals surface area contributed by atoms with Crippen LogP contribution < -0.4 is 0 Å². The van der Waals surface area contributed by atoms with Crippen LogP contribution in [0.15, 0.2) is 48.5 Å². The van der Waals surface area contributed by atoms with Gasteiger partial charge in [-0.15, -0.1) is 0 Å². The standard InChI is InChI=1S/C29H38N4O2/c1-3-24(26-11-12-27(21-30)23(2)20-26)10-7-13-31-14-16-32(17-15-31)18-19-33-28(22-35-29(33)34)25-8-5-4-6-9-25/h4-6,8-9,11-12,20,24,28H,3,7,10,13-19,22H2,1-2H3. The van der Waals surface area contributed by atoms with Gasteiger partial charge in [-0.3, -0.25) is 9.80 Å². The molecule has 2 atom stereocenters. The Morgan fingerprint density at radius 2 is 1.74 bits per heavy atom. The van der Waals surface area contributed by atoms with Crippen LogP contribution in [-0.2, 0) is 4.74 Å². The Labute approximate surface area is 210 Å². The lowest BCUT2D eigenvalue weighted by Crippen LogP contribution is -2.48. The highest BCUT2D eigenvalue weighted by Gasteiger charge is 2.34. The number of nitriles is 1. The quantitative estimate of drug-likeness (QED) is 0.488. The highest BCUT2D eigenvalue weighted by molar-refractivity contribution is 5.70. The lowest BCUT2D eigenvalue weighted by atomic mass is 9.90. The maximum atomic E-state index is 12.3. The van der Waals surface area contributed by atoms with Crippen molar-refractivity contribution >= 4 is 6.09 Å². The summed E-state index contributed by atoms with van der Waals surface area (Å²) < 4.78 is 5.36. The molecule has 2 aromatic rings. The lowest BCUT2D eigenvalue weighted by molar-refractivity contribution is 0.115. The fraction of sp³-hybridized carbons (Fsp3) is 0.517. The number of hydrogen-bond donors (Lipinski definition) is 0. The lowest BCUT2D eigenvalue weighted by Gasteiger charge is -2.36. The molecular formula is C29H38N4O2. The Balaban J connectivity index is 1.18. The van der Waals surface area contributed by atoms with E-state index in [1.165, 1.54) is 18.4 Å². The first-order valence-corrected chi connectivity index (χ1v) is 13.0. The molecule has 2 aromatic carbocycles. The monoisotopic (exact) mass is 474 g/mol. The molecule has 2 saturated heterocycles. The van der Waals surface area contributed by atoms with Crippen LogP contribution in [0.5, 0.6) is 0 Å². The summed E-state index contributed by atoms with van der Waals surface area (Å²) >= 11 is 0. The maximum absolute atomic E-state index is 12.3. The van der Waals surface area contributed by atoms with Gasteiger partial charge in [-0.05, 0) is 61.4 Å². The molecule has 6 heteroatoms. The zero-order chi connectivity index (χ0) is 24.6. The van der Waals surface area contributed by atoms with Gasteiger partial charge >= 0.3 is 6.09 Å². The summed E-state index contributed by atoms with van der Waals surface area (Å²) in [7, 11) is 0. The topological polar surface area (TPSA) is 59.8 Å². The largest absolute Gasteiger partial charge is 0.447 e. The third-order valence-corrected chi connectivity index (χ3v) is 7.64. The third kappa shape index (κ3) is 6.42. The highest BCUT2D eigenvalue weighted by Crippen LogP contribution is 2.28. The van der Waals surface area contributed by atoms with E-state index in [4.69, 9.17) is 4.74 Å². The molecule has 0 spiro atoms. The molecule has 186 valence electrons. The number of cyclic esters (lactones) is 1. The van der Waals surface area contributed by atoms with Gasteiger partial charge in [0.2, 0.25) is 0 Å². The van der Waals surface area contributed by atoms with Crippen LogP contribution >= 0.6 is 0 Å². The van der Waals surface area contributed by atoms with Crippen LogP contribution in [0.2, 0.25) is 0 Å². The van der Waals surface area contributed by atoms with Crippen LogP contribution in [0, 0.1) is 18.3 Å². The van der Waals surface area contributed by atoms with Crippen molar-refractivity contribution in [2.45, 2.75) is 45.1 Å². The van der Waals surface area contributed by atoms with E-state index in [1.807, 2.05) is 36.1 Å². The van der Waals surface area contributed by atoms with E-state index in [0.29, 0.717) is 19.1 Å². The highest BCUT2D eigenvalue weighted by atomic mass is 16.6. The van der Waals surface area contributed by atoms with Gasteiger partial charge in [0, 0.05) is 39.3 Å². The van der Waals surface area contributed by atoms with Crippen molar-refractivity contribution in [3.05, 3.63) is 70.8 Å². The summed E-state index contributed by atoms with van der Waals surface area (Å²) in [4.78, 5) is 19.2. The maximum Gasteiger partial charge on any atom is 0.410 e. The van der Waals surface area contributed by atoms with E-state index >= 15 is 0 Å². The molecule has 0 N–H and O–H groups in total. The molecule has 0 aromatic heterocycles. The van der Waals surface area contributed by atoms with Crippen molar-refractivity contribution in [1.82, 2.24) is 14.7 Å². The number of benzene rings is 2. The van der Waals surface area contributed by atoms with Crippen molar-refractivity contribution in [3.63, 3.8) is 0 Å². The second-order valence-electron chi connectivity index (χ2n) is 9.81. The van der Waals surface area contributed by atoms with Gasteiger partial charge in [0.25, 0.3) is 0 Å². The first kappa shape index (κ1) is 25.2. The zero-order valence-corrected chi connectivity index (χ0v) is 21.2. The number of carbonyl (C=O) groups is 1. The van der Waals surface area contributed by atoms with Crippen LogP contribution in [0.25, 0.3) is 0 Å². The molecule has 2 fully saturated rings. The number of piperazine rings is 1. The van der Waals surface area contributed by atoms with Crippen molar-refractivity contribution in [3.8, 4) is 6.07 Å². The zero-order valence-electron chi connectivity index (χ0n) is 21.2. The van der Waals surface area contributed by atoms with Crippen LogP contribution in [-0.4, -0.2) is 73.2 Å². The van der Waals surface area contributed by atoms with Gasteiger partial charge in [-0.2, -0.15) is 5.26 Å². The molecule has 0 radical (unpaired) electrons. The van der Waals surface area contributed by atoms with Gasteiger partial charge in [0.05, 0.1) is 17.7 Å².